The Morgan fingerprint density at radius 3 is 2.70 bits per heavy atom. The van der Waals surface area contributed by atoms with Crippen LogP contribution < -0.4 is 15.0 Å². The Morgan fingerprint density at radius 1 is 1.17 bits per heavy atom. The number of rotatable bonds is 5. The second kappa shape index (κ2) is 8.85. The quantitative estimate of drug-likeness (QED) is 0.645. The zero-order chi connectivity index (χ0) is 21.1. The molecule has 30 heavy (non-hydrogen) atoms. The predicted octanol–water partition coefficient (Wildman–Crippen LogP) is 4.68. The molecule has 156 valence electrons. The summed E-state index contributed by atoms with van der Waals surface area (Å²) < 4.78 is 11.0. The fourth-order valence-corrected chi connectivity index (χ4v) is 4.46. The van der Waals surface area contributed by atoms with E-state index in [0.29, 0.717) is 11.3 Å². The summed E-state index contributed by atoms with van der Waals surface area (Å²) in [5.41, 5.74) is 3.14. The van der Waals surface area contributed by atoms with Gasteiger partial charge >= 0.3 is 0 Å². The van der Waals surface area contributed by atoms with E-state index in [0.717, 1.165) is 35.2 Å². The molecule has 4 rings (SSSR count). The number of carbonyl (C=O) groups excluding carboxylic acids is 1. The lowest BCUT2D eigenvalue weighted by Gasteiger charge is -2.35. The molecular weight excluding hydrogens is 398 g/mol. The van der Waals surface area contributed by atoms with E-state index in [1.807, 2.05) is 30.3 Å². The number of benzene rings is 2. The second-order valence-electron chi connectivity index (χ2n) is 7.44. The molecule has 2 aromatic carbocycles. The zero-order valence-electron chi connectivity index (χ0n) is 17.3. The van der Waals surface area contributed by atoms with Crippen molar-refractivity contribution in [1.82, 2.24) is 4.98 Å². The van der Waals surface area contributed by atoms with E-state index in [-0.39, 0.29) is 18.1 Å². The summed E-state index contributed by atoms with van der Waals surface area (Å²) in [5.74, 6) is 0.472. The maximum Gasteiger partial charge on any atom is 0.255 e. The lowest BCUT2D eigenvalue weighted by atomic mass is 10.1. The van der Waals surface area contributed by atoms with E-state index >= 15 is 0 Å². The van der Waals surface area contributed by atoms with Crippen LogP contribution >= 0.6 is 11.3 Å². The van der Waals surface area contributed by atoms with Crippen molar-refractivity contribution in [3.8, 4) is 17.0 Å². The van der Waals surface area contributed by atoms with Gasteiger partial charge in [0.05, 0.1) is 25.0 Å². The van der Waals surface area contributed by atoms with E-state index in [2.05, 4.69) is 29.4 Å². The zero-order valence-corrected chi connectivity index (χ0v) is 18.1. The number of amides is 1. The van der Waals surface area contributed by atoms with E-state index in [1.165, 1.54) is 0 Å². The molecule has 6 nitrogen and oxygen atoms in total. The van der Waals surface area contributed by atoms with Crippen LogP contribution in [-0.4, -0.2) is 43.3 Å². The standard InChI is InChI=1S/C23H25N3O3S/c1-15-12-26(13-16(2)29-15)23-25-21(14-30-23)17-6-4-8-19(10-17)24-22(27)18-7-5-9-20(11-18)28-3/h4-11,14-16H,12-13H2,1-3H3,(H,24,27). The summed E-state index contributed by atoms with van der Waals surface area (Å²) in [6.07, 6.45) is 0.382. The molecular formula is C23H25N3O3S. The van der Waals surface area contributed by atoms with Crippen molar-refractivity contribution in [3.63, 3.8) is 0 Å². The molecule has 1 fully saturated rings. The van der Waals surface area contributed by atoms with Crippen molar-refractivity contribution in [2.24, 2.45) is 0 Å². The predicted molar refractivity (Wildman–Crippen MR) is 121 cm³/mol. The van der Waals surface area contributed by atoms with Gasteiger partial charge in [-0.3, -0.25) is 4.79 Å². The average molecular weight is 424 g/mol. The molecule has 7 heteroatoms. The van der Waals surface area contributed by atoms with Crippen LogP contribution in [0.15, 0.2) is 53.9 Å². The number of aromatic nitrogens is 1. The van der Waals surface area contributed by atoms with Crippen LogP contribution in [0, 0.1) is 0 Å². The highest BCUT2D eigenvalue weighted by atomic mass is 32.1. The van der Waals surface area contributed by atoms with Crippen LogP contribution in [0.5, 0.6) is 5.75 Å². The van der Waals surface area contributed by atoms with Crippen molar-refractivity contribution >= 4 is 28.1 Å². The second-order valence-corrected chi connectivity index (χ2v) is 8.28. The van der Waals surface area contributed by atoms with Gasteiger partial charge in [0, 0.05) is 35.3 Å². The molecule has 0 aliphatic carbocycles. The summed E-state index contributed by atoms with van der Waals surface area (Å²) in [4.78, 5) is 19.7. The average Bonchev–Trinajstić information content (AvgIpc) is 3.24. The van der Waals surface area contributed by atoms with Crippen molar-refractivity contribution in [3.05, 3.63) is 59.5 Å². The van der Waals surface area contributed by atoms with Gasteiger partial charge in [-0.1, -0.05) is 18.2 Å². The number of ether oxygens (including phenoxy) is 2. The van der Waals surface area contributed by atoms with Crippen LogP contribution in [0.1, 0.15) is 24.2 Å². The number of thiazole rings is 1. The molecule has 3 aromatic rings. The van der Waals surface area contributed by atoms with Gasteiger partial charge in [0.25, 0.3) is 5.91 Å². The molecule has 2 atom stereocenters. The fraction of sp³-hybridized carbons (Fsp3) is 0.304. The molecule has 2 heterocycles. The summed E-state index contributed by atoms with van der Waals surface area (Å²) in [6, 6.07) is 14.8. The van der Waals surface area contributed by atoms with Crippen LogP contribution in [0.2, 0.25) is 0 Å². The Hall–Kier alpha value is -2.90. The van der Waals surface area contributed by atoms with Gasteiger partial charge < -0.3 is 19.7 Å². The summed E-state index contributed by atoms with van der Waals surface area (Å²) >= 11 is 1.63. The minimum absolute atomic E-state index is 0.179. The highest BCUT2D eigenvalue weighted by molar-refractivity contribution is 7.14. The molecule has 1 saturated heterocycles. The van der Waals surface area contributed by atoms with Crippen molar-refractivity contribution in [1.29, 1.82) is 0 Å². The molecule has 1 amide bonds. The van der Waals surface area contributed by atoms with Crippen LogP contribution in [-0.2, 0) is 4.74 Å². The van der Waals surface area contributed by atoms with Gasteiger partial charge in [-0.15, -0.1) is 11.3 Å². The number of nitrogens with zero attached hydrogens (tertiary/aromatic N) is 2. The minimum atomic E-state index is -0.179. The molecule has 0 bridgehead atoms. The van der Waals surface area contributed by atoms with Crippen LogP contribution in [0.25, 0.3) is 11.3 Å². The molecule has 2 unspecified atom stereocenters. The van der Waals surface area contributed by atoms with Gasteiger partial charge in [-0.25, -0.2) is 4.98 Å². The van der Waals surface area contributed by atoms with E-state index in [9.17, 15) is 4.79 Å². The maximum atomic E-state index is 12.6. The SMILES string of the molecule is COc1cccc(C(=O)Nc2cccc(-c3csc(N4CC(C)OC(C)C4)n3)c2)c1. The number of morpholine rings is 1. The third-order valence-corrected chi connectivity index (χ3v) is 5.83. The number of nitrogens with one attached hydrogen (secondary N) is 1. The van der Waals surface area contributed by atoms with Crippen LogP contribution in [0.4, 0.5) is 10.8 Å². The molecule has 1 aromatic heterocycles. The Labute approximate surface area is 180 Å². The lowest BCUT2D eigenvalue weighted by Crippen LogP contribution is -2.45. The molecule has 1 aliphatic rings. The maximum absolute atomic E-state index is 12.6. The van der Waals surface area contributed by atoms with Crippen molar-refractivity contribution < 1.29 is 14.3 Å². The monoisotopic (exact) mass is 423 g/mol. The Balaban J connectivity index is 1.50. The lowest BCUT2D eigenvalue weighted by molar-refractivity contribution is -0.00522. The Kier molecular flexibility index (Phi) is 6.01. The largest absolute Gasteiger partial charge is 0.497 e. The topological polar surface area (TPSA) is 63.7 Å². The van der Waals surface area contributed by atoms with E-state index in [4.69, 9.17) is 14.5 Å². The van der Waals surface area contributed by atoms with Crippen molar-refractivity contribution in [2.45, 2.75) is 26.1 Å². The van der Waals surface area contributed by atoms with Gasteiger partial charge in [0.2, 0.25) is 0 Å². The van der Waals surface area contributed by atoms with Crippen LogP contribution in [0.3, 0.4) is 0 Å². The first-order valence-electron chi connectivity index (χ1n) is 9.93. The summed E-state index contributed by atoms with van der Waals surface area (Å²) in [6.45, 7) is 5.86. The Morgan fingerprint density at radius 2 is 1.93 bits per heavy atom. The molecule has 0 radical (unpaired) electrons. The molecule has 0 saturated carbocycles. The smallest absolute Gasteiger partial charge is 0.255 e. The number of carbonyl (C=O) groups is 1. The highest BCUT2D eigenvalue weighted by Gasteiger charge is 2.24. The summed E-state index contributed by atoms with van der Waals surface area (Å²) in [5, 5.41) is 6.01. The van der Waals surface area contributed by atoms with Crippen molar-refractivity contribution in [2.75, 3.05) is 30.4 Å². The molecule has 1 aliphatic heterocycles. The number of anilines is 2. The first kappa shape index (κ1) is 20.4. The van der Waals surface area contributed by atoms with Gasteiger partial charge in [0.1, 0.15) is 5.75 Å². The number of methoxy groups -OCH3 is 1. The van der Waals surface area contributed by atoms with E-state index < -0.39 is 0 Å². The Bertz CT molecular complexity index is 1030. The fourth-order valence-electron chi connectivity index (χ4n) is 3.60. The third-order valence-electron chi connectivity index (χ3n) is 4.93. The molecule has 1 N–H and O–H groups in total. The first-order chi connectivity index (χ1) is 14.5. The third kappa shape index (κ3) is 4.63. The van der Waals surface area contributed by atoms with Gasteiger partial charge in [0.15, 0.2) is 5.13 Å². The minimum Gasteiger partial charge on any atom is -0.497 e. The van der Waals surface area contributed by atoms with Gasteiger partial charge in [-0.2, -0.15) is 0 Å². The first-order valence-corrected chi connectivity index (χ1v) is 10.8. The van der Waals surface area contributed by atoms with E-state index in [1.54, 1.807) is 36.6 Å². The number of hydrogen-bond donors (Lipinski definition) is 1. The molecule has 0 spiro atoms. The normalized spacial score (nSPS) is 18.8. The highest BCUT2D eigenvalue weighted by Crippen LogP contribution is 2.30. The number of hydrogen-bond acceptors (Lipinski definition) is 6. The summed E-state index contributed by atoms with van der Waals surface area (Å²) in [7, 11) is 1.58. The van der Waals surface area contributed by atoms with Gasteiger partial charge in [-0.05, 0) is 44.2 Å².